The van der Waals surface area contributed by atoms with Crippen molar-refractivity contribution in [3.63, 3.8) is 0 Å². The molecule has 4 heteroatoms. The first-order valence-electron chi connectivity index (χ1n) is 7.73. The van der Waals surface area contributed by atoms with E-state index in [9.17, 15) is 14.7 Å². The van der Waals surface area contributed by atoms with Crippen molar-refractivity contribution in [2.75, 3.05) is 6.54 Å². The van der Waals surface area contributed by atoms with Gasteiger partial charge in [-0.2, -0.15) is 0 Å². The number of hydrogen-bond acceptors (Lipinski definition) is 2. The van der Waals surface area contributed by atoms with E-state index in [2.05, 4.69) is 0 Å². The molecule has 1 amide bonds. The van der Waals surface area contributed by atoms with Crippen LogP contribution in [-0.2, 0) is 9.59 Å². The summed E-state index contributed by atoms with van der Waals surface area (Å²) in [5.74, 6) is -0.659. The molecule has 0 aromatic carbocycles. The van der Waals surface area contributed by atoms with E-state index in [-0.39, 0.29) is 11.8 Å². The lowest BCUT2D eigenvalue weighted by Gasteiger charge is -2.35. The van der Waals surface area contributed by atoms with Crippen LogP contribution < -0.4 is 0 Å². The largest absolute Gasteiger partial charge is 0.480 e. The summed E-state index contributed by atoms with van der Waals surface area (Å²) in [5.41, 5.74) is 0. The molecule has 1 aliphatic carbocycles. The molecule has 19 heavy (non-hydrogen) atoms. The summed E-state index contributed by atoms with van der Waals surface area (Å²) >= 11 is 0. The minimum atomic E-state index is -0.834. The van der Waals surface area contributed by atoms with Gasteiger partial charge in [-0.05, 0) is 32.1 Å². The summed E-state index contributed by atoms with van der Waals surface area (Å²) in [6.07, 6.45) is 10.3. The van der Waals surface area contributed by atoms with Crippen molar-refractivity contribution in [2.24, 2.45) is 5.92 Å². The number of piperidine rings is 1. The van der Waals surface area contributed by atoms with Crippen LogP contribution in [-0.4, -0.2) is 34.5 Å². The summed E-state index contributed by atoms with van der Waals surface area (Å²) in [4.78, 5) is 25.5. The van der Waals surface area contributed by atoms with Gasteiger partial charge < -0.3 is 10.0 Å². The third-order valence-corrected chi connectivity index (χ3v) is 4.53. The molecule has 1 aliphatic heterocycles. The maximum atomic E-state index is 12.6. The lowest BCUT2D eigenvalue weighted by Crippen LogP contribution is -2.50. The van der Waals surface area contributed by atoms with Gasteiger partial charge in [-0.1, -0.05) is 32.1 Å². The average Bonchev–Trinajstić information content (AvgIpc) is 2.37. The molecule has 1 atom stereocenters. The highest BCUT2D eigenvalue weighted by Crippen LogP contribution is 2.27. The summed E-state index contributed by atoms with van der Waals surface area (Å²) in [6, 6.07) is -0.577. The van der Waals surface area contributed by atoms with E-state index in [4.69, 9.17) is 0 Å². The monoisotopic (exact) mass is 267 g/mol. The predicted octanol–water partition coefficient (Wildman–Crippen LogP) is 2.81. The number of hydrogen-bond donors (Lipinski definition) is 1. The fraction of sp³-hybridized carbons (Fsp3) is 0.867. The molecule has 1 N–H and O–H groups in total. The summed E-state index contributed by atoms with van der Waals surface area (Å²) in [7, 11) is 0. The Morgan fingerprint density at radius 1 is 0.842 bits per heavy atom. The highest BCUT2D eigenvalue weighted by Gasteiger charge is 2.35. The number of aliphatic carboxylic acids is 1. The lowest BCUT2D eigenvalue weighted by atomic mass is 9.89. The molecule has 1 saturated carbocycles. The van der Waals surface area contributed by atoms with Gasteiger partial charge >= 0.3 is 5.97 Å². The molecule has 0 spiro atoms. The molecular weight excluding hydrogens is 242 g/mol. The topological polar surface area (TPSA) is 57.6 Å². The van der Waals surface area contributed by atoms with Crippen LogP contribution in [0.2, 0.25) is 0 Å². The number of rotatable bonds is 2. The van der Waals surface area contributed by atoms with E-state index in [1.807, 2.05) is 0 Å². The Hall–Kier alpha value is -1.06. The highest BCUT2D eigenvalue weighted by atomic mass is 16.4. The van der Waals surface area contributed by atoms with E-state index in [1.165, 1.54) is 19.3 Å². The number of carboxylic acids is 1. The van der Waals surface area contributed by atoms with Crippen LogP contribution in [0.1, 0.15) is 64.2 Å². The molecular formula is C15H25NO3. The molecule has 0 aromatic heterocycles. The normalized spacial score (nSPS) is 26.5. The summed E-state index contributed by atoms with van der Waals surface area (Å²) in [5, 5.41) is 9.26. The first kappa shape index (κ1) is 14.4. The van der Waals surface area contributed by atoms with Crippen LogP contribution in [0.4, 0.5) is 0 Å². The number of carbonyl (C=O) groups is 2. The molecule has 4 nitrogen and oxygen atoms in total. The molecule has 1 unspecified atom stereocenters. The third-order valence-electron chi connectivity index (χ3n) is 4.53. The zero-order valence-corrected chi connectivity index (χ0v) is 11.6. The van der Waals surface area contributed by atoms with Gasteiger partial charge in [0.05, 0.1) is 0 Å². The molecule has 2 fully saturated rings. The first-order chi connectivity index (χ1) is 9.20. The molecule has 1 heterocycles. The predicted molar refractivity (Wildman–Crippen MR) is 72.8 cm³/mol. The second-order valence-electron chi connectivity index (χ2n) is 5.92. The number of likely N-dealkylation sites (tertiary alicyclic amines) is 1. The Morgan fingerprint density at radius 3 is 2.05 bits per heavy atom. The van der Waals surface area contributed by atoms with Gasteiger partial charge in [0.15, 0.2) is 0 Å². The van der Waals surface area contributed by atoms with Gasteiger partial charge in [0.25, 0.3) is 0 Å². The number of carbonyl (C=O) groups excluding carboxylic acids is 1. The van der Waals surface area contributed by atoms with Crippen molar-refractivity contribution < 1.29 is 14.7 Å². The fourth-order valence-corrected chi connectivity index (χ4v) is 3.39. The van der Waals surface area contributed by atoms with Crippen LogP contribution >= 0.6 is 0 Å². The van der Waals surface area contributed by atoms with Crippen LogP contribution in [0.25, 0.3) is 0 Å². The summed E-state index contributed by atoms with van der Waals surface area (Å²) < 4.78 is 0. The molecule has 0 aromatic rings. The van der Waals surface area contributed by atoms with Gasteiger partial charge in [-0.25, -0.2) is 4.79 Å². The standard InChI is InChI=1S/C15H25NO3/c17-14(12-8-4-2-1-3-5-9-12)16-11-7-6-10-13(16)15(18)19/h12-13H,1-11H2,(H,18,19). The highest BCUT2D eigenvalue weighted by molar-refractivity contribution is 5.85. The maximum Gasteiger partial charge on any atom is 0.326 e. The molecule has 2 rings (SSSR count). The van der Waals surface area contributed by atoms with Crippen LogP contribution in [0, 0.1) is 5.92 Å². The van der Waals surface area contributed by atoms with Gasteiger partial charge in [0.1, 0.15) is 6.04 Å². The van der Waals surface area contributed by atoms with Crippen molar-refractivity contribution in [3.05, 3.63) is 0 Å². The van der Waals surface area contributed by atoms with E-state index in [1.54, 1.807) is 4.90 Å². The molecule has 108 valence electrons. The summed E-state index contributed by atoms with van der Waals surface area (Å²) in [6.45, 7) is 0.631. The molecule has 2 aliphatic rings. The molecule has 0 bridgehead atoms. The minimum Gasteiger partial charge on any atom is -0.480 e. The SMILES string of the molecule is O=C(O)C1CCCCN1C(=O)C1CCCCCCC1. The molecule has 0 radical (unpaired) electrons. The van der Waals surface area contributed by atoms with Gasteiger partial charge in [-0.15, -0.1) is 0 Å². The van der Waals surface area contributed by atoms with Crippen molar-refractivity contribution in [1.29, 1.82) is 0 Å². The zero-order valence-electron chi connectivity index (χ0n) is 11.6. The van der Waals surface area contributed by atoms with Crippen LogP contribution in [0.15, 0.2) is 0 Å². The first-order valence-corrected chi connectivity index (χ1v) is 7.73. The number of nitrogens with zero attached hydrogens (tertiary/aromatic N) is 1. The van der Waals surface area contributed by atoms with E-state index >= 15 is 0 Å². The van der Waals surface area contributed by atoms with Crippen molar-refractivity contribution in [3.8, 4) is 0 Å². The Morgan fingerprint density at radius 2 is 1.42 bits per heavy atom. The Labute approximate surface area is 115 Å². The van der Waals surface area contributed by atoms with Crippen molar-refractivity contribution >= 4 is 11.9 Å². The van der Waals surface area contributed by atoms with Gasteiger partial charge in [-0.3, -0.25) is 4.79 Å². The molecule has 1 saturated heterocycles. The second kappa shape index (κ2) is 6.92. The second-order valence-corrected chi connectivity index (χ2v) is 5.92. The van der Waals surface area contributed by atoms with E-state index in [0.717, 1.165) is 38.5 Å². The third kappa shape index (κ3) is 3.71. The van der Waals surface area contributed by atoms with Crippen molar-refractivity contribution in [2.45, 2.75) is 70.3 Å². The quantitative estimate of drug-likeness (QED) is 0.837. The van der Waals surface area contributed by atoms with Crippen LogP contribution in [0.3, 0.4) is 0 Å². The zero-order chi connectivity index (χ0) is 13.7. The average molecular weight is 267 g/mol. The van der Waals surface area contributed by atoms with Crippen LogP contribution in [0.5, 0.6) is 0 Å². The Bertz CT molecular complexity index is 321. The Kier molecular flexibility index (Phi) is 5.23. The maximum absolute atomic E-state index is 12.6. The van der Waals surface area contributed by atoms with Gasteiger partial charge in [0, 0.05) is 12.5 Å². The van der Waals surface area contributed by atoms with Crippen molar-refractivity contribution in [1.82, 2.24) is 4.90 Å². The lowest BCUT2D eigenvalue weighted by molar-refractivity contribution is -0.154. The minimum absolute atomic E-state index is 0.0697. The van der Waals surface area contributed by atoms with E-state index < -0.39 is 12.0 Å². The smallest absolute Gasteiger partial charge is 0.326 e. The number of amides is 1. The van der Waals surface area contributed by atoms with Gasteiger partial charge in [0.2, 0.25) is 5.91 Å². The Balaban J connectivity index is 2.00. The number of carboxylic acid groups (broad SMARTS) is 1. The van der Waals surface area contributed by atoms with E-state index in [0.29, 0.717) is 13.0 Å². The fourth-order valence-electron chi connectivity index (χ4n) is 3.39.